The predicted molar refractivity (Wildman–Crippen MR) is 77.6 cm³/mol. The first-order chi connectivity index (χ1) is 9.99. The third-order valence-corrected chi connectivity index (χ3v) is 2.06. The molecule has 0 spiro atoms. The summed E-state index contributed by atoms with van der Waals surface area (Å²) in [4.78, 5) is 30.2. The van der Waals surface area contributed by atoms with Crippen LogP contribution in [0, 0.1) is 0 Å². The Labute approximate surface area is 124 Å². The summed E-state index contributed by atoms with van der Waals surface area (Å²) >= 11 is 0. The van der Waals surface area contributed by atoms with E-state index >= 15 is 0 Å². The molecule has 1 aromatic rings. The number of hydrogen-bond donors (Lipinski definition) is 2. The largest absolute Gasteiger partial charge is 0.506 e. The average molecular weight is 295 g/mol. The number of ether oxygens (including phenoxy) is 1. The highest BCUT2D eigenvalue weighted by atomic mass is 16.7. The van der Waals surface area contributed by atoms with Gasteiger partial charge in [-0.05, 0) is 5.56 Å². The maximum absolute atomic E-state index is 10.1. The molecule has 21 heavy (non-hydrogen) atoms. The summed E-state index contributed by atoms with van der Waals surface area (Å²) in [6.07, 6.45) is 0.756. The fraction of sp³-hybridized carbons (Fsp3) is 0.400. The maximum Gasteiger partial charge on any atom is 0.506 e. The lowest BCUT2D eigenvalue weighted by molar-refractivity contribution is -0.124. The average Bonchev–Trinajstić information content (AvgIpc) is 2.83. The van der Waals surface area contributed by atoms with Gasteiger partial charge in [0.25, 0.3) is 0 Å². The van der Waals surface area contributed by atoms with Crippen molar-refractivity contribution in [3.8, 4) is 0 Å². The minimum atomic E-state index is -1.24. The first-order valence-electron chi connectivity index (χ1n) is 6.71. The van der Waals surface area contributed by atoms with E-state index in [0.717, 1.165) is 5.56 Å². The molecule has 0 radical (unpaired) electrons. The molecular weight excluding hydrogens is 274 g/mol. The van der Waals surface area contributed by atoms with Crippen LogP contribution in [-0.4, -0.2) is 23.1 Å². The van der Waals surface area contributed by atoms with Crippen LogP contribution in [0.15, 0.2) is 30.3 Å². The van der Waals surface area contributed by atoms with E-state index in [1.54, 1.807) is 0 Å². The van der Waals surface area contributed by atoms with Gasteiger partial charge in [0.1, 0.15) is 6.61 Å². The zero-order chi connectivity index (χ0) is 16.1. The van der Waals surface area contributed by atoms with Crippen molar-refractivity contribution in [3.05, 3.63) is 35.9 Å². The van der Waals surface area contributed by atoms with Crippen LogP contribution in [0.25, 0.3) is 0 Å². The fourth-order valence-electron chi connectivity index (χ4n) is 1.23. The normalized spacial score (nSPS) is 12.3. The standard InChI is InChI=1S/C8H8O3.C4H5NO2.C3H8/c9-8(10)11-6-7-4-2-1-3-5-7;6-3-1-2-4(7)5-3;1-3-2/h1-5H,6H2,(H,9,10);1-2H2,(H,5,6,7);3H2,1-2H3. The Morgan fingerprint density at radius 1 is 1.14 bits per heavy atom. The molecule has 1 heterocycles. The lowest BCUT2D eigenvalue weighted by Gasteiger charge is -1.98. The number of carbonyl (C=O) groups is 3. The van der Waals surface area contributed by atoms with E-state index in [4.69, 9.17) is 5.11 Å². The highest BCUT2D eigenvalue weighted by Crippen LogP contribution is 1.99. The number of hydrogen-bond acceptors (Lipinski definition) is 4. The van der Waals surface area contributed by atoms with Gasteiger partial charge in [0.2, 0.25) is 11.8 Å². The SMILES string of the molecule is CCC.O=C(O)OCc1ccccc1.O=C1CCC(=O)N1. The Kier molecular flexibility index (Phi) is 10.2. The summed E-state index contributed by atoms with van der Waals surface area (Å²) in [5.41, 5.74) is 0.856. The van der Waals surface area contributed by atoms with Crippen molar-refractivity contribution >= 4 is 18.0 Å². The van der Waals surface area contributed by atoms with E-state index < -0.39 is 6.16 Å². The van der Waals surface area contributed by atoms with Gasteiger partial charge in [-0.1, -0.05) is 50.6 Å². The van der Waals surface area contributed by atoms with Gasteiger partial charge in [0.15, 0.2) is 0 Å². The van der Waals surface area contributed by atoms with Crippen molar-refractivity contribution in [2.24, 2.45) is 0 Å². The Hall–Kier alpha value is -2.37. The van der Waals surface area contributed by atoms with E-state index in [-0.39, 0.29) is 18.4 Å². The molecule has 2 rings (SSSR count). The molecule has 2 amide bonds. The molecule has 0 saturated carbocycles. The highest BCUT2D eigenvalue weighted by Gasteiger charge is 2.15. The number of benzene rings is 1. The number of rotatable bonds is 2. The fourth-order valence-corrected chi connectivity index (χ4v) is 1.23. The van der Waals surface area contributed by atoms with Gasteiger partial charge < -0.3 is 9.84 Å². The third-order valence-electron chi connectivity index (χ3n) is 2.06. The highest BCUT2D eigenvalue weighted by molar-refractivity contribution is 6.01. The van der Waals surface area contributed by atoms with Crippen LogP contribution >= 0.6 is 0 Å². The van der Waals surface area contributed by atoms with Gasteiger partial charge in [-0.25, -0.2) is 4.79 Å². The van der Waals surface area contributed by atoms with Crippen molar-refractivity contribution in [1.82, 2.24) is 5.32 Å². The number of imide groups is 1. The Morgan fingerprint density at radius 2 is 1.62 bits per heavy atom. The van der Waals surface area contributed by atoms with Gasteiger partial charge in [-0.15, -0.1) is 0 Å². The van der Waals surface area contributed by atoms with E-state index in [9.17, 15) is 14.4 Å². The van der Waals surface area contributed by atoms with Crippen molar-refractivity contribution in [1.29, 1.82) is 0 Å². The molecule has 6 nitrogen and oxygen atoms in total. The predicted octanol–water partition coefficient (Wildman–Crippen LogP) is 2.72. The molecule has 6 heteroatoms. The van der Waals surface area contributed by atoms with E-state index in [1.165, 1.54) is 6.42 Å². The second kappa shape index (κ2) is 11.5. The molecule has 2 N–H and O–H groups in total. The molecule has 0 aliphatic carbocycles. The summed E-state index contributed by atoms with van der Waals surface area (Å²) in [6.45, 7) is 4.37. The molecule has 1 aromatic carbocycles. The number of amides is 2. The van der Waals surface area contributed by atoms with Crippen LogP contribution in [0.3, 0.4) is 0 Å². The lowest BCUT2D eigenvalue weighted by Crippen LogP contribution is -2.18. The summed E-state index contributed by atoms with van der Waals surface area (Å²) in [5, 5.41) is 10.3. The van der Waals surface area contributed by atoms with Crippen molar-refractivity contribution in [3.63, 3.8) is 0 Å². The minimum Gasteiger partial charge on any atom is -0.450 e. The Morgan fingerprint density at radius 3 is 1.95 bits per heavy atom. The van der Waals surface area contributed by atoms with Crippen LogP contribution < -0.4 is 5.32 Å². The zero-order valence-electron chi connectivity index (χ0n) is 12.3. The maximum atomic E-state index is 10.1. The Bertz CT molecular complexity index is 431. The van der Waals surface area contributed by atoms with E-state index in [1.807, 2.05) is 30.3 Å². The van der Waals surface area contributed by atoms with Crippen molar-refractivity contribution in [2.75, 3.05) is 0 Å². The van der Waals surface area contributed by atoms with Gasteiger partial charge in [-0.3, -0.25) is 14.9 Å². The molecule has 0 bridgehead atoms. The topological polar surface area (TPSA) is 92.7 Å². The lowest BCUT2D eigenvalue weighted by atomic mass is 10.2. The van der Waals surface area contributed by atoms with Crippen molar-refractivity contribution in [2.45, 2.75) is 39.7 Å². The molecule has 0 aromatic heterocycles. The molecule has 1 saturated heterocycles. The minimum absolute atomic E-state index is 0.121. The van der Waals surface area contributed by atoms with Gasteiger partial charge in [0.05, 0.1) is 0 Å². The smallest absolute Gasteiger partial charge is 0.450 e. The van der Waals surface area contributed by atoms with Crippen LogP contribution in [0.2, 0.25) is 0 Å². The van der Waals surface area contributed by atoms with Crippen LogP contribution in [0.1, 0.15) is 38.7 Å². The molecule has 1 aliphatic rings. The molecule has 1 fully saturated rings. The Balaban J connectivity index is 0.000000342. The third kappa shape index (κ3) is 11.2. The monoisotopic (exact) mass is 295 g/mol. The first kappa shape index (κ1) is 18.6. The molecule has 116 valence electrons. The van der Waals surface area contributed by atoms with Gasteiger partial charge in [0, 0.05) is 12.8 Å². The van der Waals surface area contributed by atoms with Crippen LogP contribution in [0.4, 0.5) is 4.79 Å². The zero-order valence-corrected chi connectivity index (χ0v) is 12.3. The summed E-state index contributed by atoms with van der Waals surface area (Å²) in [5.74, 6) is -0.296. The summed E-state index contributed by atoms with van der Waals surface area (Å²) in [6, 6.07) is 9.15. The quantitative estimate of drug-likeness (QED) is 0.646. The van der Waals surface area contributed by atoms with Crippen LogP contribution in [-0.2, 0) is 20.9 Å². The van der Waals surface area contributed by atoms with Gasteiger partial charge in [-0.2, -0.15) is 0 Å². The molecule has 1 aliphatic heterocycles. The van der Waals surface area contributed by atoms with E-state index in [0.29, 0.717) is 12.8 Å². The van der Waals surface area contributed by atoms with Gasteiger partial charge >= 0.3 is 6.16 Å². The number of carbonyl (C=O) groups excluding carboxylic acids is 2. The number of carboxylic acid groups (broad SMARTS) is 1. The first-order valence-corrected chi connectivity index (χ1v) is 6.71. The molecule has 0 atom stereocenters. The second-order valence-electron chi connectivity index (χ2n) is 4.22. The second-order valence-corrected chi connectivity index (χ2v) is 4.22. The van der Waals surface area contributed by atoms with Crippen LogP contribution in [0.5, 0.6) is 0 Å². The summed E-state index contributed by atoms with van der Waals surface area (Å²) < 4.78 is 4.34. The summed E-state index contributed by atoms with van der Waals surface area (Å²) in [7, 11) is 0. The van der Waals surface area contributed by atoms with Crippen molar-refractivity contribution < 1.29 is 24.2 Å². The van der Waals surface area contributed by atoms with E-state index in [2.05, 4.69) is 23.9 Å². The molecular formula is C15H21NO5. The number of nitrogens with one attached hydrogen (secondary N) is 1. The molecule has 0 unspecified atom stereocenters.